The molecule has 7 heteroatoms. The van der Waals surface area contributed by atoms with Crippen molar-refractivity contribution < 1.29 is 9.90 Å². The zero-order valence-corrected chi connectivity index (χ0v) is 9.98. The Hall–Kier alpha value is -2.15. The number of nitrogens with one attached hydrogen (secondary N) is 1. The van der Waals surface area contributed by atoms with E-state index in [0.717, 1.165) is 5.69 Å². The molecule has 0 unspecified atom stereocenters. The Morgan fingerprint density at radius 3 is 2.78 bits per heavy atom. The van der Waals surface area contributed by atoms with Gasteiger partial charge in [-0.25, -0.2) is 9.78 Å². The molecule has 92 valence electrons. The average molecular weight is 263 g/mol. The topological polar surface area (TPSA) is 95.9 Å². The van der Waals surface area contributed by atoms with E-state index in [1.54, 1.807) is 6.07 Å². The lowest BCUT2D eigenvalue weighted by Gasteiger charge is -2.00. The first kappa shape index (κ1) is 12.3. The molecule has 0 aliphatic heterocycles. The summed E-state index contributed by atoms with van der Waals surface area (Å²) in [7, 11) is 0. The lowest BCUT2D eigenvalue weighted by atomic mass is 10.2. The highest BCUT2D eigenvalue weighted by Gasteiger charge is 2.04. The number of hydrogen-bond acceptors (Lipinski definition) is 5. The van der Waals surface area contributed by atoms with Crippen molar-refractivity contribution in [3.05, 3.63) is 52.2 Å². The van der Waals surface area contributed by atoms with E-state index in [0.29, 0.717) is 10.9 Å². The fraction of sp³-hybridized carbons (Fsp3) is 0.0909. The van der Waals surface area contributed by atoms with Gasteiger partial charge in [-0.15, -0.1) is 0 Å². The van der Waals surface area contributed by atoms with Crippen LogP contribution < -0.4 is 5.56 Å². The summed E-state index contributed by atoms with van der Waals surface area (Å²) in [6, 6.07) is 4.47. The summed E-state index contributed by atoms with van der Waals surface area (Å²) in [5, 5.41) is 9.23. The monoisotopic (exact) mass is 263 g/mol. The van der Waals surface area contributed by atoms with Crippen LogP contribution in [0.1, 0.15) is 16.1 Å². The number of carboxylic acids is 1. The zero-order chi connectivity index (χ0) is 13.0. The number of aromatic nitrogens is 3. The maximum atomic E-state index is 11.0. The van der Waals surface area contributed by atoms with Crippen LogP contribution in [-0.4, -0.2) is 26.0 Å². The van der Waals surface area contributed by atoms with E-state index in [2.05, 4.69) is 15.0 Å². The largest absolute Gasteiger partial charge is 0.478 e. The van der Waals surface area contributed by atoms with Crippen LogP contribution >= 0.6 is 11.8 Å². The van der Waals surface area contributed by atoms with E-state index in [1.807, 2.05) is 0 Å². The first-order valence-electron chi connectivity index (χ1n) is 5.01. The Morgan fingerprint density at radius 1 is 1.33 bits per heavy atom. The van der Waals surface area contributed by atoms with Crippen molar-refractivity contribution in [2.75, 3.05) is 0 Å². The summed E-state index contributed by atoms with van der Waals surface area (Å²) in [6.45, 7) is 0. The van der Waals surface area contributed by atoms with Crippen LogP contribution in [0.4, 0.5) is 0 Å². The highest BCUT2D eigenvalue weighted by molar-refractivity contribution is 7.98. The van der Waals surface area contributed by atoms with Crippen LogP contribution in [0.3, 0.4) is 0 Å². The molecule has 0 fully saturated rings. The average Bonchev–Trinajstić information content (AvgIpc) is 2.37. The van der Waals surface area contributed by atoms with Gasteiger partial charge in [0.1, 0.15) is 0 Å². The lowest BCUT2D eigenvalue weighted by molar-refractivity contribution is 0.0696. The van der Waals surface area contributed by atoms with Crippen molar-refractivity contribution in [2.45, 2.75) is 10.9 Å². The van der Waals surface area contributed by atoms with E-state index < -0.39 is 5.97 Å². The Morgan fingerprint density at radius 2 is 2.17 bits per heavy atom. The van der Waals surface area contributed by atoms with E-state index >= 15 is 0 Å². The molecule has 0 saturated carbocycles. The molecule has 2 heterocycles. The third-order valence-electron chi connectivity index (χ3n) is 2.08. The van der Waals surface area contributed by atoms with Crippen molar-refractivity contribution in [3.63, 3.8) is 0 Å². The van der Waals surface area contributed by atoms with E-state index in [1.165, 1.54) is 36.3 Å². The molecular weight excluding hydrogens is 254 g/mol. The third kappa shape index (κ3) is 3.17. The normalized spacial score (nSPS) is 10.2. The van der Waals surface area contributed by atoms with Crippen LogP contribution in [0.25, 0.3) is 0 Å². The first-order valence-corrected chi connectivity index (χ1v) is 6.00. The highest BCUT2D eigenvalue weighted by Crippen LogP contribution is 2.16. The van der Waals surface area contributed by atoms with Gasteiger partial charge in [-0.05, 0) is 12.1 Å². The molecule has 2 aromatic heterocycles. The molecule has 0 bridgehead atoms. The summed E-state index contributed by atoms with van der Waals surface area (Å²) in [4.78, 5) is 32.2. The van der Waals surface area contributed by atoms with Crippen LogP contribution in [-0.2, 0) is 5.75 Å². The van der Waals surface area contributed by atoms with E-state index in [9.17, 15) is 9.59 Å². The number of H-pyrrole nitrogens is 1. The number of rotatable bonds is 4. The van der Waals surface area contributed by atoms with E-state index in [-0.39, 0.29) is 11.1 Å². The van der Waals surface area contributed by atoms with Crippen molar-refractivity contribution >= 4 is 17.7 Å². The molecule has 2 rings (SSSR count). The second-order valence-electron chi connectivity index (χ2n) is 3.37. The minimum absolute atomic E-state index is 0.148. The maximum Gasteiger partial charge on any atom is 0.337 e. The molecule has 6 nitrogen and oxygen atoms in total. The van der Waals surface area contributed by atoms with Crippen molar-refractivity contribution in [1.82, 2.24) is 15.0 Å². The number of pyridine rings is 1. The van der Waals surface area contributed by atoms with Gasteiger partial charge in [0.2, 0.25) is 0 Å². The molecular formula is C11H9N3O3S. The van der Waals surface area contributed by atoms with Gasteiger partial charge in [0.15, 0.2) is 5.16 Å². The second-order valence-corrected chi connectivity index (χ2v) is 4.34. The summed E-state index contributed by atoms with van der Waals surface area (Å²) >= 11 is 1.33. The first-order chi connectivity index (χ1) is 8.65. The number of nitrogens with zero attached hydrogens (tertiary/aromatic N) is 2. The van der Waals surface area contributed by atoms with Crippen LogP contribution in [0.5, 0.6) is 0 Å². The Labute approximate surface area is 106 Å². The smallest absolute Gasteiger partial charge is 0.337 e. The fourth-order valence-corrected chi connectivity index (χ4v) is 1.97. The van der Waals surface area contributed by atoms with E-state index in [4.69, 9.17) is 5.11 Å². The van der Waals surface area contributed by atoms with Gasteiger partial charge < -0.3 is 10.1 Å². The zero-order valence-electron chi connectivity index (χ0n) is 9.16. The predicted octanol–water partition coefficient (Wildman–Crippen LogP) is 1.16. The summed E-state index contributed by atoms with van der Waals surface area (Å²) in [5.41, 5.74) is 0.660. The minimum atomic E-state index is -1.00. The number of carboxylic acid groups (broad SMARTS) is 1. The van der Waals surface area contributed by atoms with Crippen molar-refractivity contribution in [1.29, 1.82) is 0 Å². The predicted molar refractivity (Wildman–Crippen MR) is 65.6 cm³/mol. The van der Waals surface area contributed by atoms with Crippen LogP contribution in [0.15, 0.2) is 40.5 Å². The van der Waals surface area contributed by atoms with Gasteiger partial charge in [0, 0.05) is 24.2 Å². The van der Waals surface area contributed by atoms with Crippen molar-refractivity contribution in [2.24, 2.45) is 0 Å². The van der Waals surface area contributed by atoms with Gasteiger partial charge in [0.05, 0.1) is 11.3 Å². The summed E-state index contributed by atoms with van der Waals surface area (Å²) in [5.74, 6) is -0.497. The Balaban J connectivity index is 2.02. The van der Waals surface area contributed by atoms with Gasteiger partial charge >= 0.3 is 5.97 Å². The molecule has 2 aromatic rings. The van der Waals surface area contributed by atoms with Crippen molar-refractivity contribution in [3.8, 4) is 0 Å². The number of hydrogen-bond donors (Lipinski definition) is 2. The number of thioether (sulfide) groups is 1. The van der Waals surface area contributed by atoms with Gasteiger partial charge in [-0.2, -0.15) is 0 Å². The number of aromatic carboxylic acids is 1. The minimum Gasteiger partial charge on any atom is -0.478 e. The van der Waals surface area contributed by atoms with Gasteiger partial charge in [-0.3, -0.25) is 9.78 Å². The SMILES string of the molecule is O=C(O)c1ccc(CSc2nccc(=O)[nH]2)nc1. The molecule has 0 radical (unpaired) electrons. The molecule has 0 aliphatic rings. The molecule has 18 heavy (non-hydrogen) atoms. The third-order valence-corrected chi connectivity index (χ3v) is 3.00. The lowest BCUT2D eigenvalue weighted by Crippen LogP contribution is -2.05. The number of aromatic amines is 1. The fourth-order valence-electron chi connectivity index (χ4n) is 1.20. The van der Waals surface area contributed by atoms with Crippen LogP contribution in [0.2, 0.25) is 0 Å². The molecule has 0 saturated heterocycles. The molecule has 0 aliphatic carbocycles. The maximum absolute atomic E-state index is 11.0. The standard InChI is InChI=1S/C11H9N3O3S/c15-9-3-4-12-11(14-9)18-6-8-2-1-7(5-13-8)10(16)17/h1-5H,6H2,(H,16,17)(H,12,14,15). The highest BCUT2D eigenvalue weighted by atomic mass is 32.2. The molecule has 0 atom stereocenters. The molecule has 2 N–H and O–H groups in total. The summed E-state index contributed by atoms with van der Waals surface area (Å²) < 4.78 is 0. The summed E-state index contributed by atoms with van der Waals surface area (Å²) in [6.07, 6.45) is 2.74. The molecule has 0 spiro atoms. The second kappa shape index (κ2) is 5.46. The molecule has 0 aromatic carbocycles. The van der Waals surface area contributed by atoms with Gasteiger partial charge in [-0.1, -0.05) is 11.8 Å². The quantitative estimate of drug-likeness (QED) is 0.634. The van der Waals surface area contributed by atoms with Crippen LogP contribution in [0, 0.1) is 0 Å². The Kier molecular flexibility index (Phi) is 3.73. The Bertz CT molecular complexity index is 609. The number of carbonyl (C=O) groups is 1. The van der Waals surface area contributed by atoms with Gasteiger partial charge in [0.25, 0.3) is 5.56 Å². The molecule has 0 amide bonds.